The van der Waals surface area contributed by atoms with Crippen LogP contribution in [0.15, 0.2) is 70.9 Å². The van der Waals surface area contributed by atoms with Crippen LogP contribution in [0.2, 0.25) is 0 Å². The first-order chi connectivity index (χ1) is 13.3. The lowest BCUT2D eigenvalue weighted by molar-refractivity contribution is 0.0786. The summed E-state index contributed by atoms with van der Waals surface area (Å²) in [5, 5.41) is 1.94. The van der Waals surface area contributed by atoms with E-state index < -0.39 is 15.8 Å². The summed E-state index contributed by atoms with van der Waals surface area (Å²) in [7, 11) is -0.831. The molecule has 0 aliphatic carbocycles. The molecule has 146 valence electrons. The Morgan fingerprint density at radius 1 is 1.04 bits per heavy atom. The summed E-state index contributed by atoms with van der Waals surface area (Å²) >= 11 is 1.55. The number of nitrogens with zero attached hydrogens (tertiary/aromatic N) is 2. The number of thiophene rings is 1. The van der Waals surface area contributed by atoms with E-state index in [0.717, 1.165) is 9.18 Å². The van der Waals surface area contributed by atoms with Gasteiger partial charge in [-0.05, 0) is 53.9 Å². The van der Waals surface area contributed by atoms with Crippen LogP contribution >= 0.6 is 11.3 Å². The molecule has 0 aliphatic heterocycles. The Labute approximate surface area is 167 Å². The minimum atomic E-state index is -3.89. The molecule has 0 saturated carbocycles. The standard InChI is InChI=1S/C20H19FN2O3S2/c1-22(14-18-6-4-12-27-18)20(24)15-5-3-7-19(13-15)28(25,26)23(2)17-10-8-16(21)9-11-17/h3-13H,14H2,1-2H3. The average Bonchev–Trinajstić information content (AvgIpc) is 3.20. The number of carbonyl (C=O) groups is 1. The first-order valence-corrected chi connectivity index (χ1v) is 10.7. The molecular formula is C20H19FN2O3S2. The van der Waals surface area contributed by atoms with Crippen LogP contribution in [0.3, 0.4) is 0 Å². The van der Waals surface area contributed by atoms with Crippen molar-refractivity contribution in [2.75, 3.05) is 18.4 Å². The summed E-state index contributed by atoms with van der Waals surface area (Å²) in [6, 6.07) is 14.9. The summed E-state index contributed by atoms with van der Waals surface area (Å²) in [6.45, 7) is 0.447. The minimum Gasteiger partial charge on any atom is -0.337 e. The fourth-order valence-electron chi connectivity index (χ4n) is 2.67. The number of hydrogen-bond acceptors (Lipinski definition) is 4. The average molecular weight is 419 g/mol. The summed E-state index contributed by atoms with van der Waals surface area (Å²) in [6.07, 6.45) is 0. The molecule has 0 saturated heterocycles. The summed E-state index contributed by atoms with van der Waals surface area (Å²) in [5.74, 6) is -0.717. The van der Waals surface area contributed by atoms with Gasteiger partial charge in [-0.2, -0.15) is 0 Å². The van der Waals surface area contributed by atoms with Gasteiger partial charge < -0.3 is 4.90 Å². The van der Waals surface area contributed by atoms with Crippen LogP contribution in [0, 0.1) is 5.82 Å². The number of hydrogen-bond donors (Lipinski definition) is 0. The van der Waals surface area contributed by atoms with Crippen molar-refractivity contribution in [3.05, 3.63) is 82.3 Å². The monoisotopic (exact) mass is 418 g/mol. The van der Waals surface area contributed by atoms with E-state index in [1.807, 2.05) is 17.5 Å². The SMILES string of the molecule is CN(Cc1cccs1)C(=O)c1cccc(S(=O)(=O)N(C)c2ccc(F)cc2)c1. The topological polar surface area (TPSA) is 57.7 Å². The van der Waals surface area contributed by atoms with Crippen LogP contribution < -0.4 is 4.31 Å². The molecule has 5 nitrogen and oxygen atoms in total. The van der Waals surface area contributed by atoms with Gasteiger partial charge in [-0.3, -0.25) is 9.10 Å². The van der Waals surface area contributed by atoms with Crippen LogP contribution in [0.1, 0.15) is 15.2 Å². The van der Waals surface area contributed by atoms with Crippen molar-refractivity contribution in [3.63, 3.8) is 0 Å². The van der Waals surface area contributed by atoms with Crippen LogP contribution in [0.25, 0.3) is 0 Å². The molecule has 0 radical (unpaired) electrons. The van der Waals surface area contributed by atoms with Gasteiger partial charge in [-0.25, -0.2) is 12.8 Å². The number of anilines is 1. The first kappa shape index (κ1) is 20.0. The van der Waals surface area contributed by atoms with Gasteiger partial charge in [0, 0.05) is 24.5 Å². The van der Waals surface area contributed by atoms with Crippen molar-refractivity contribution in [2.24, 2.45) is 0 Å². The second kappa shape index (κ2) is 8.12. The van der Waals surface area contributed by atoms with Crippen LogP contribution in [-0.4, -0.2) is 33.3 Å². The minimum absolute atomic E-state index is 0.00491. The van der Waals surface area contributed by atoms with Crippen molar-refractivity contribution < 1.29 is 17.6 Å². The summed E-state index contributed by atoms with van der Waals surface area (Å²) < 4.78 is 40.0. The number of sulfonamides is 1. The lowest BCUT2D eigenvalue weighted by Gasteiger charge is -2.20. The van der Waals surface area contributed by atoms with Crippen molar-refractivity contribution in [3.8, 4) is 0 Å². The molecule has 0 fully saturated rings. The molecule has 0 N–H and O–H groups in total. The Morgan fingerprint density at radius 2 is 1.75 bits per heavy atom. The van der Waals surface area contributed by atoms with E-state index in [1.54, 1.807) is 29.4 Å². The molecule has 28 heavy (non-hydrogen) atoms. The molecule has 1 amide bonds. The van der Waals surface area contributed by atoms with Gasteiger partial charge in [0.2, 0.25) is 0 Å². The summed E-state index contributed by atoms with van der Waals surface area (Å²) in [5.41, 5.74) is 0.612. The Bertz CT molecular complexity index is 1070. The zero-order valence-electron chi connectivity index (χ0n) is 15.4. The molecule has 2 aromatic carbocycles. The first-order valence-electron chi connectivity index (χ1n) is 8.41. The number of rotatable bonds is 6. The van der Waals surface area contributed by atoms with Crippen molar-refractivity contribution in [1.29, 1.82) is 0 Å². The maximum atomic E-state index is 13.1. The van der Waals surface area contributed by atoms with E-state index in [2.05, 4.69) is 0 Å². The van der Waals surface area contributed by atoms with Crippen molar-refractivity contribution in [2.45, 2.75) is 11.4 Å². The van der Waals surface area contributed by atoms with Crippen molar-refractivity contribution in [1.82, 2.24) is 4.90 Å². The van der Waals surface area contributed by atoms with Gasteiger partial charge in [0.1, 0.15) is 5.82 Å². The molecule has 0 bridgehead atoms. The highest BCUT2D eigenvalue weighted by molar-refractivity contribution is 7.92. The van der Waals surface area contributed by atoms with E-state index in [1.165, 1.54) is 49.5 Å². The number of benzene rings is 2. The maximum Gasteiger partial charge on any atom is 0.264 e. The highest BCUT2D eigenvalue weighted by Gasteiger charge is 2.23. The van der Waals surface area contributed by atoms with Crippen LogP contribution in [0.5, 0.6) is 0 Å². The molecule has 3 rings (SSSR count). The Morgan fingerprint density at radius 3 is 2.39 bits per heavy atom. The van der Waals surface area contributed by atoms with E-state index in [9.17, 15) is 17.6 Å². The van der Waals surface area contributed by atoms with Gasteiger partial charge >= 0.3 is 0 Å². The molecule has 0 aliphatic rings. The third-order valence-corrected chi connectivity index (χ3v) is 6.89. The smallest absolute Gasteiger partial charge is 0.264 e. The molecule has 0 spiro atoms. The molecule has 3 aromatic rings. The predicted molar refractivity (Wildman–Crippen MR) is 109 cm³/mol. The van der Waals surface area contributed by atoms with Crippen molar-refractivity contribution >= 4 is 33.0 Å². The second-order valence-electron chi connectivity index (χ2n) is 6.22. The van der Waals surface area contributed by atoms with Gasteiger partial charge in [-0.1, -0.05) is 12.1 Å². The fourth-order valence-corrected chi connectivity index (χ4v) is 4.67. The molecular weight excluding hydrogens is 399 g/mol. The zero-order valence-corrected chi connectivity index (χ0v) is 17.0. The predicted octanol–water partition coefficient (Wildman–Crippen LogP) is 3.98. The highest BCUT2D eigenvalue weighted by Crippen LogP contribution is 2.23. The quantitative estimate of drug-likeness (QED) is 0.608. The lowest BCUT2D eigenvalue weighted by atomic mass is 10.2. The largest absolute Gasteiger partial charge is 0.337 e. The molecule has 0 atom stereocenters. The number of halogens is 1. The Kier molecular flexibility index (Phi) is 5.81. The molecule has 0 unspecified atom stereocenters. The second-order valence-corrected chi connectivity index (χ2v) is 9.22. The zero-order chi connectivity index (χ0) is 20.3. The summed E-state index contributed by atoms with van der Waals surface area (Å²) in [4.78, 5) is 15.3. The van der Waals surface area contributed by atoms with E-state index in [4.69, 9.17) is 0 Å². The highest BCUT2D eigenvalue weighted by atomic mass is 32.2. The van der Waals surface area contributed by atoms with Gasteiger partial charge in [0.05, 0.1) is 17.1 Å². The number of carbonyl (C=O) groups excluding carboxylic acids is 1. The van der Waals surface area contributed by atoms with E-state index in [0.29, 0.717) is 12.2 Å². The normalized spacial score (nSPS) is 11.2. The molecule has 1 aromatic heterocycles. The van der Waals surface area contributed by atoms with E-state index in [-0.39, 0.29) is 16.4 Å². The third kappa shape index (κ3) is 4.23. The van der Waals surface area contributed by atoms with Gasteiger partial charge in [-0.15, -0.1) is 11.3 Å². The Hall–Kier alpha value is -2.71. The molecule has 1 heterocycles. The number of amides is 1. The van der Waals surface area contributed by atoms with Crippen LogP contribution in [0.4, 0.5) is 10.1 Å². The van der Waals surface area contributed by atoms with E-state index >= 15 is 0 Å². The van der Waals surface area contributed by atoms with Gasteiger partial charge in [0.15, 0.2) is 0 Å². The van der Waals surface area contributed by atoms with Gasteiger partial charge in [0.25, 0.3) is 15.9 Å². The molecule has 8 heteroatoms. The third-order valence-electron chi connectivity index (χ3n) is 4.25. The Balaban J connectivity index is 1.85. The van der Waals surface area contributed by atoms with Crippen LogP contribution in [-0.2, 0) is 16.6 Å². The fraction of sp³-hybridized carbons (Fsp3) is 0.150. The lowest BCUT2D eigenvalue weighted by Crippen LogP contribution is -2.28. The maximum absolute atomic E-state index is 13.1.